The minimum Gasteiger partial charge on any atom is -0.496 e. The van der Waals surface area contributed by atoms with Gasteiger partial charge in [0.25, 0.3) is 10.0 Å². The van der Waals surface area contributed by atoms with Crippen LogP contribution in [0.25, 0.3) is 0 Å². The number of sulfonamides is 1. The molecule has 1 atom stereocenters. The summed E-state index contributed by atoms with van der Waals surface area (Å²) in [4.78, 5) is 6.50. The molecule has 0 spiro atoms. The van der Waals surface area contributed by atoms with Gasteiger partial charge in [-0.1, -0.05) is 0 Å². The van der Waals surface area contributed by atoms with Crippen molar-refractivity contribution in [2.75, 3.05) is 7.11 Å². The second-order valence-corrected chi connectivity index (χ2v) is 6.24. The lowest BCUT2D eigenvalue weighted by atomic mass is 10.1. The van der Waals surface area contributed by atoms with Gasteiger partial charge < -0.3 is 9.72 Å². The SMILES string of the molecule is COc1ccc(F)cc1C(C)NS(=O)(=O)c1cnc(C)[nH]1. The van der Waals surface area contributed by atoms with Crippen molar-refractivity contribution in [3.63, 3.8) is 0 Å². The van der Waals surface area contributed by atoms with Crippen LogP contribution in [0.15, 0.2) is 29.4 Å². The molecule has 114 valence electrons. The first-order valence-corrected chi connectivity index (χ1v) is 7.69. The molecule has 2 N–H and O–H groups in total. The number of nitrogens with one attached hydrogen (secondary N) is 2. The van der Waals surface area contributed by atoms with E-state index in [0.29, 0.717) is 17.1 Å². The molecule has 21 heavy (non-hydrogen) atoms. The number of nitrogens with zero attached hydrogens (tertiary/aromatic N) is 1. The number of hydrogen-bond acceptors (Lipinski definition) is 4. The average molecular weight is 313 g/mol. The van der Waals surface area contributed by atoms with E-state index >= 15 is 0 Å². The Morgan fingerprint density at radius 3 is 2.71 bits per heavy atom. The number of H-pyrrole nitrogens is 1. The Morgan fingerprint density at radius 1 is 1.43 bits per heavy atom. The summed E-state index contributed by atoms with van der Waals surface area (Å²) in [5, 5.41) is -0.0396. The summed E-state index contributed by atoms with van der Waals surface area (Å²) in [6, 6.07) is 3.28. The van der Waals surface area contributed by atoms with Gasteiger partial charge in [0.1, 0.15) is 17.4 Å². The second kappa shape index (κ2) is 5.82. The summed E-state index contributed by atoms with van der Waals surface area (Å²) < 4.78 is 45.3. The third kappa shape index (κ3) is 3.40. The van der Waals surface area contributed by atoms with Gasteiger partial charge in [-0.2, -0.15) is 0 Å². The highest BCUT2D eigenvalue weighted by Gasteiger charge is 2.22. The third-order valence-electron chi connectivity index (χ3n) is 2.96. The van der Waals surface area contributed by atoms with Crippen LogP contribution in [0.1, 0.15) is 24.4 Å². The van der Waals surface area contributed by atoms with Crippen molar-refractivity contribution in [1.82, 2.24) is 14.7 Å². The number of imidazole rings is 1. The molecule has 1 heterocycles. The van der Waals surface area contributed by atoms with Crippen LogP contribution in [-0.4, -0.2) is 25.5 Å². The molecule has 0 saturated heterocycles. The van der Waals surface area contributed by atoms with Crippen LogP contribution < -0.4 is 9.46 Å². The zero-order chi connectivity index (χ0) is 15.6. The third-order valence-corrected chi connectivity index (χ3v) is 4.41. The molecule has 1 aromatic heterocycles. The van der Waals surface area contributed by atoms with Gasteiger partial charge in [0, 0.05) is 11.6 Å². The van der Waals surface area contributed by atoms with Crippen LogP contribution in [0.3, 0.4) is 0 Å². The van der Waals surface area contributed by atoms with E-state index in [1.54, 1.807) is 13.8 Å². The average Bonchev–Trinajstić information content (AvgIpc) is 2.85. The van der Waals surface area contributed by atoms with Gasteiger partial charge in [-0.3, -0.25) is 0 Å². The summed E-state index contributed by atoms with van der Waals surface area (Å²) in [6.45, 7) is 3.26. The summed E-state index contributed by atoms with van der Waals surface area (Å²) in [5.41, 5.74) is 0.414. The molecule has 0 bridgehead atoms. The molecule has 0 amide bonds. The number of ether oxygens (including phenoxy) is 1. The highest BCUT2D eigenvalue weighted by molar-refractivity contribution is 7.89. The smallest absolute Gasteiger partial charge is 0.258 e. The van der Waals surface area contributed by atoms with E-state index in [1.165, 1.54) is 31.5 Å². The van der Waals surface area contributed by atoms with E-state index in [4.69, 9.17) is 4.74 Å². The Kier molecular flexibility index (Phi) is 4.29. The fourth-order valence-corrected chi connectivity index (χ4v) is 3.13. The molecule has 0 saturated carbocycles. The maximum atomic E-state index is 13.4. The number of methoxy groups -OCH3 is 1. The van der Waals surface area contributed by atoms with Crippen LogP contribution >= 0.6 is 0 Å². The Balaban J connectivity index is 2.29. The van der Waals surface area contributed by atoms with Gasteiger partial charge in [-0.25, -0.2) is 22.5 Å². The van der Waals surface area contributed by atoms with Gasteiger partial charge in [-0.15, -0.1) is 0 Å². The van der Waals surface area contributed by atoms with Crippen molar-refractivity contribution in [2.24, 2.45) is 0 Å². The number of aromatic amines is 1. The van der Waals surface area contributed by atoms with Crippen LogP contribution in [0.2, 0.25) is 0 Å². The van der Waals surface area contributed by atoms with Crippen molar-refractivity contribution in [2.45, 2.75) is 24.9 Å². The molecule has 0 aliphatic rings. The molecule has 0 aliphatic heterocycles. The Bertz CT molecular complexity index is 743. The molecule has 0 aliphatic carbocycles. The van der Waals surface area contributed by atoms with Crippen molar-refractivity contribution < 1.29 is 17.5 Å². The van der Waals surface area contributed by atoms with Crippen molar-refractivity contribution in [3.8, 4) is 5.75 Å². The number of benzene rings is 1. The number of halogens is 1. The maximum absolute atomic E-state index is 13.4. The van der Waals surface area contributed by atoms with Crippen molar-refractivity contribution in [1.29, 1.82) is 0 Å². The Labute approximate surface area is 122 Å². The topological polar surface area (TPSA) is 84.1 Å². The second-order valence-electron chi connectivity index (χ2n) is 4.56. The lowest BCUT2D eigenvalue weighted by molar-refractivity contribution is 0.403. The molecule has 1 aromatic carbocycles. The van der Waals surface area contributed by atoms with E-state index in [9.17, 15) is 12.8 Å². The summed E-state index contributed by atoms with van der Waals surface area (Å²) in [5.74, 6) is 0.438. The fourth-order valence-electron chi connectivity index (χ4n) is 1.94. The quantitative estimate of drug-likeness (QED) is 0.883. The summed E-state index contributed by atoms with van der Waals surface area (Å²) in [6.07, 6.45) is 1.23. The monoisotopic (exact) mass is 313 g/mol. The number of rotatable bonds is 5. The first-order valence-electron chi connectivity index (χ1n) is 6.21. The number of aromatic nitrogens is 2. The predicted molar refractivity (Wildman–Crippen MR) is 75.0 cm³/mol. The van der Waals surface area contributed by atoms with Crippen molar-refractivity contribution in [3.05, 3.63) is 41.6 Å². The highest BCUT2D eigenvalue weighted by Crippen LogP contribution is 2.26. The van der Waals surface area contributed by atoms with E-state index < -0.39 is 21.9 Å². The van der Waals surface area contributed by atoms with Crippen LogP contribution in [-0.2, 0) is 10.0 Å². The molecule has 2 rings (SSSR count). The van der Waals surface area contributed by atoms with Gasteiger partial charge in [-0.05, 0) is 32.0 Å². The molecule has 0 fully saturated rings. The van der Waals surface area contributed by atoms with Crippen LogP contribution in [0.5, 0.6) is 5.75 Å². The summed E-state index contributed by atoms with van der Waals surface area (Å²) >= 11 is 0. The van der Waals surface area contributed by atoms with Gasteiger partial charge in [0.2, 0.25) is 0 Å². The van der Waals surface area contributed by atoms with Crippen molar-refractivity contribution >= 4 is 10.0 Å². The highest BCUT2D eigenvalue weighted by atomic mass is 32.2. The van der Waals surface area contributed by atoms with Gasteiger partial charge >= 0.3 is 0 Å². The van der Waals surface area contributed by atoms with E-state index in [1.807, 2.05) is 0 Å². The van der Waals surface area contributed by atoms with E-state index in [0.717, 1.165) is 0 Å². The Morgan fingerprint density at radius 2 is 2.14 bits per heavy atom. The molecule has 6 nitrogen and oxygen atoms in total. The lowest BCUT2D eigenvalue weighted by Crippen LogP contribution is -2.27. The van der Waals surface area contributed by atoms with Crippen LogP contribution in [0, 0.1) is 12.7 Å². The Hall–Kier alpha value is -1.93. The molecule has 1 unspecified atom stereocenters. The number of aryl methyl sites for hydroxylation is 1. The molecule has 2 aromatic rings. The maximum Gasteiger partial charge on any atom is 0.258 e. The first-order chi connectivity index (χ1) is 9.83. The fraction of sp³-hybridized carbons (Fsp3) is 0.308. The largest absolute Gasteiger partial charge is 0.496 e. The van der Waals surface area contributed by atoms with Gasteiger partial charge in [0.05, 0.1) is 13.3 Å². The standard InChI is InChI=1S/C13H16FN3O3S/c1-8(11-6-10(14)4-5-12(11)20-3)17-21(18,19)13-7-15-9(2)16-13/h4-8,17H,1-3H3,(H,15,16). The minimum absolute atomic E-state index is 0.0396. The lowest BCUT2D eigenvalue weighted by Gasteiger charge is -2.17. The molecule has 0 radical (unpaired) electrons. The summed E-state index contributed by atoms with van der Waals surface area (Å²) in [7, 11) is -2.33. The van der Waals surface area contributed by atoms with Gasteiger partial charge in [0.15, 0.2) is 5.03 Å². The molecule has 8 heteroatoms. The zero-order valence-electron chi connectivity index (χ0n) is 11.8. The van der Waals surface area contributed by atoms with Crippen LogP contribution in [0.4, 0.5) is 4.39 Å². The number of hydrogen-bond donors (Lipinski definition) is 2. The van der Waals surface area contributed by atoms with E-state index in [2.05, 4.69) is 14.7 Å². The first kappa shape index (κ1) is 15.5. The normalized spacial score (nSPS) is 13.1. The zero-order valence-corrected chi connectivity index (χ0v) is 12.7. The molecular weight excluding hydrogens is 297 g/mol. The molecular formula is C13H16FN3O3S. The van der Waals surface area contributed by atoms with E-state index in [-0.39, 0.29) is 5.03 Å². The predicted octanol–water partition coefficient (Wildman–Crippen LogP) is 1.91. The minimum atomic E-state index is -3.77.